The smallest absolute Gasteiger partial charge is 0.410 e. The van der Waals surface area contributed by atoms with E-state index in [1.54, 1.807) is 39.0 Å². The summed E-state index contributed by atoms with van der Waals surface area (Å²) in [5.74, 6) is -0.943. The molecule has 1 saturated heterocycles. The van der Waals surface area contributed by atoms with Crippen LogP contribution >= 0.6 is 11.8 Å². The van der Waals surface area contributed by atoms with Crippen molar-refractivity contribution < 1.29 is 33.4 Å². The van der Waals surface area contributed by atoms with E-state index >= 15 is 0 Å². The van der Waals surface area contributed by atoms with Gasteiger partial charge in [-0.3, -0.25) is 4.79 Å². The first-order valence-corrected chi connectivity index (χ1v) is 11.3. The Bertz CT molecular complexity index is 897. The fourth-order valence-corrected chi connectivity index (χ4v) is 4.34. The zero-order valence-electron chi connectivity index (χ0n) is 19.3. The highest BCUT2D eigenvalue weighted by molar-refractivity contribution is 8.13. The molecule has 9 nitrogen and oxygen atoms in total. The number of amides is 2. The van der Waals surface area contributed by atoms with Crippen LogP contribution < -0.4 is 5.32 Å². The van der Waals surface area contributed by atoms with Gasteiger partial charge in [0.1, 0.15) is 12.2 Å². The van der Waals surface area contributed by atoms with E-state index < -0.39 is 28.9 Å². The van der Waals surface area contributed by atoms with Gasteiger partial charge < -0.3 is 24.4 Å². The van der Waals surface area contributed by atoms with Crippen LogP contribution in [0.1, 0.15) is 47.9 Å². The topological polar surface area (TPSA) is 111 Å². The van der Waals surface area contributed by atoms with Crippen molar-refractivity contribution in [3.8, 4) is 0 Å². The van der Waals surface area contributed by atoms with Gasteiger partial charge in [-0.15, -0.1) is 0 Å². The molecule has 2 rings (SSSR count). The number of carbonyl (C=O) groups excluding carboxylic acids is 4. The second-order valence-electron chi connectivity index (χ2n) is 8.39. The molecule has 2 amide bonds. The first-order valence-electron chi connectivity index (χ1n) is 10.4. The highest BCUT2D eigenvalue weighted by Gasteiger charge is 2.38. The number of hydrogen-bond acceptors (Lipinski definition) is 8. The summed E-state index contributed by atoms with van der Waals surface area (Å²) in [5, 5.41) is 2.16. The fraction of sp³-hybridized carbons (Fsp3) is 0.478. The van der Waals surface area contributed by atoms with Crippen LogP contribution in [-0.2, 0) is 14.2 Å². The van der Waals surface area contributed by atoms with Crippen molar-refractivity contribution in [2.24, 2.45) is 0 Å². The van der Waals surface area contributed by atoms with E-state index in [2.05, 4.69) is 16.6 Å². The van der Waals surface area contributed by atoms with Gasteiger partial charge in [-0.1, -0.05) is 18.7 Å². The van der Waals surface area contributed by atoms with E-state index in [0.29, 0.717) is 6.42 Å². The van der Waals surface area contributed by atoms with Crippen LogP contribution in [0.25, 0.3) is 0 Å². The summed E-state index contributed by atoms with van der Waals surface area (Å²) < 4.78 is 15.2. The van der Waals surface area contributed by atoms with Crippen LogP contribution in [0.2, 0.25) is 0 Å². The summed E-state index contributed by atoms with van der Waals surface area (Å²) >= 11 is 1.03. The molecule has 33 heavy (non-hydrogen) atoms. The Morgan fingerprint density at radius 1 is 1.24 bits per heavy atom. The average Bonchev–Trinajstić information content (AvgIpc) is 3.16. The van der Waals surface area contributed by atoms with E-state index in [0.717, 1.165) is 11.8 Å². The maximum atomic E-state index is 12.6. The number of benzene rings is 1. The monoisotopic (exact) mass is 478 g/mol. The molecule has 10 heteroatoms. The Morgan fingerprint density at radius 3 is 2.58 bits per heavy atom. The summed E-state index contributed by atoms with van der Waals surface area (Å²) in [7, 11) is 1.26. The molecule has 0 bridgehead atoms. The zero-order chi connectivity index (χ0) is 24.6. The first kappa shape index (κ1) is 26.2. The Kier molecular flexibility index (Phi) is 9.33. The lowest BCUT2D eigenvalue weighted by atomic mass is 10.1. The van der Waals surface area contributed by atoms with Gasteiger partial charge in [0, 0.05) is 23.9 Å². The van der Waals surface area contributed by atoms with Gasteiger partial charge in [0.05, 0.1) is 18.7 Å². The van der Waals surface area contributed by atoms with E-state index in [1.807, 2.05) is 0 Å². The van der Waals surface area contributed by atoms with Crippen LogP contribution in [0.5, 0.6) is 0 Å². The van der Waals surface area contributed by atoms with Gasteiger partial charge in [-0.05, 0) is 57.2 Å². The molecule has 1 aliphatic heterocycles. The lowest BCUT2D eigenvalue weighted by Gasteiger charge is -2.24. The van der Waals surface area contributed by atoms with Gasteiger partial charge in [0.2, 0.25) is 0 Å². The third kappa shape index (κ3) is 8.12. The summed E-state index contributed by atoms with van der Waals surface area (Å²) in [6.07, 6.45) is 1.38. The summed E-state index contributed by atoms with van der Waals surface area (Å²) in [6, 6.07) is 5.77. The van der Waals surface area contributed by atoms with Crippen LogP contribution in [-0.4, -0.2) is 71.9 Å². The molecule has 1 N–H and O–H groups in total. The zero-order valence-corrected chi connectivity index (χ0v) is 20.1. The molecular formula is C23H30N2O7S. The molecule has 0 aromatic heterocycles. The Balaban J connectivity index is 2.05. The number of rotatable bonds is 7. The van der Waals surface area contributed by atoms with Gasteiger partial charge in [0.25, 0.3) is 5.91 Å². The predicted octanol–water partition coefficient (Wildman–Crippen LogP) is 3.64. The maximum Gasteiger partial charge on any atom is 0.410 e. The minimum absolute atomic E-state index is 0.0542. The molecule has 0 saturated carbocycles. The Labute approximate surface area is 197 Å². The number of thioether (sulfide) groups is 1. The minimum atomic E-state index is -0.614. The Hall–Kier alpha value is -3.01. The molecule has 1 fully saturated rings. The Morgan fingerprint density at radius 2 is 1.94 bits per heavy atom. The average molecular weight is 479 g/mol. The van der Waals surface area contributed by atoms with Crippen molar-refractivity contribution >= 4 is 35.0 Å². The predicted molar refractivity (Wildman–Crippen MR) is 124 cm³/mol. The van der Waals surface area contributed by atoms with Crippen LogP contribution in [0, 0.1) is 0 Å². The third-order valence-corrected chi connectivity index (χ3v) is 5.58. The number of esters is 1. The van der Waals surface area contributed by atoms with Crippen molar-refractivity contribution in [1.82, 2.24) is 10.2 Å². The molecule has 0 radical (unpaired) electrons. The fourth-order valence-electron chi connectivity index (χ4n) is 3.22. The lowest BCUT2D eigenvalue weighted by Crippen LogP contribution is -2.43. The second kappa shape index (κ2) is 11.7. The number of hydrogen-bond donors (Lipinski definition) is 1. The molecule has 0 aliphatic carbocycles. The third-order valence-electron chi connectivity index (χ3n) is 4.63. The molecule has 0 spiro atoms. The standard InChI is InChI=1S/C23H30N2O7S/c1-6-10-31-21(28)25-14-18(33-22(29)32-23(2,3)4)12-17(25)13-24-19(26)15-8-7-9-16(11-15)20(27)30-5/h6-9,11,17-18H,1,10,12-14H2,2-5H3,(H,24,26)/t17-,18-/m0/s1. The number of methoxy groups -OCH3 is 1. The molecular weight excluding hydrogens is 448 g/mol. The highest BCUT2D eigenvalue weighted by atomic mass is 32.2. The number of likely N-dealkylation sites (tertiary alicyclic amines) is 1. The van der Waals surface area contributed by atoms with Crippen molar-refractivity contribution in [2.75, 3.05) is 26.8 Å². The van der Waals surface area contributed by atoms with Gasteiger partial charge >= 0.3 is 17.4 Å². The van der Waals surface area contributed by atoms with Crippen LogP contribution in [0.3, 0.4) is 0 Å². The molecule has 1 aromatic rings. The van der Waals surface area contributed by atoms with E-state index in [-0.39, 0.29) is 42.1 Å². The first-order chi connectivity index (χ1) is 15.5. The van der Waals surface area contributed by atoms with Gasteiger partial charge in [-0.2, -0.15) is 0 Å². The minimum Gasteiger partial charge on any atom is -0.465 e. The van der Waals surface area contributed by atoms with E-state index in [4.69, 9.17) is 9.47 Å². The molecule has 1 aromatic carbocycles. The SMILES string of the molecule is C=CCOC(=O)N1C[C@@H](SC(=O)OC(C)(C)C)C[C@H]1CNC(=O)c1cccc(C(=O)OC)c1. The van der Waals surface area contributed by atoms with Crippen LogP contribution in [0.15, 0.2) is 36.9 Å². The van der Waals surface area contributed by atoms with Crippen LogP contribution in [0.4, 0.5) is 9.59 Å². The number of ether oxygens (including phenoxy) is 3. The van der Waals surface area contributed by atoms with Crippen molar-refractivity contribution in [2.45, 2.75) is 44.1 Å². The van der Waals surface area contributed by atoms with Crippen molar-refractivity contribution in [1.29, 1.82) is 0 Å². The number of nitrogens with zero attached hydrogens (tertiary/aromatic N) is 1. The summed E-state index contributed by atoms with van der Waals surface area (Å²) in [6.45, 7) is 9.37. The van der Waals surface area contributed by atoms with Gasteiger partial charge in [0.15, 0.2) is 0 Å². The summed E-state index contributed by atoms with van der Waals surface area (Å²) in [4.78, 5) is 50.6. The molecule has 1 aliphatic rings. The molecule has 1 heterocycles. The molecule has 0 unspecified atom stereocenters. The molecule has 2 atom stereocenters. The van der Waals surface area contributed by atoms with Gasteiger partial charge in [-0.25, -0.2) is 14.4 Å². The normalized spacial score (nSPS) is 17.8. The van der Waals surface area contributed by atoms with E-state index in [1.165, 1.54) is 24.2 Å². The van der Waals surface area contributed by atoms with E-state index in [9.17, 15) is 19.2 Å². The maximum absolute atomic E-state index is 12.6. The number of nitrogens with one attached hydrogen (secondary N) is 1. The lowest BCUT2D eigenvalue weighted by molar-refractivity contribution is 0.0600. The molecule has 180 valence electrons. The highest BCUT2D eigenvalue weighted by Crippen LogP contribution is 2.30. The summed E-state index contributed by atoms with van der Waals surface area (Å²) in [5.41, 5.74) is -0.0666. The quantitative estimate of drug-likeness (QED) is 0.359. The van der Waals surface area contributed by atoms with Crippen molar-refractivity contribution in [3.05, 3.63) is 48.0 Å². The largest absolute Gasteiger partial charge is 0.465 e. The second-order valence-corrected chi connectivity index (χ2v) is 9.63. The number of carbonyl (C=O) groups is 4. The van der Waals surface area contributed by atoms with Crippen molar-refractivity contribution in [3.63, 3.8) is 0 Å².